The third-order valence-electron chi connectivity index (χ3n) is 3.26. The second kappa shape index (κ2) is 4.78. The van der Waals surface area contributed by atoms with Gasteiger partial charge in [0.25, 0.3) is 0 Å². The number of nitrogens with zero attached hydrogens (tertiary/aromatic N) is 1. The summed E-state index contributed by atoms with van der Waals surface area (Å²) in [4.78, 5) is 14.1. The minimum absolute atomic E-state index is 0.0839. The highest BCUT2D eigenvalue weighted by Crippen LogP contribution is 2.51. The van der Waals surface area contributed by atoms with Gasteiger partial charge in [0.05, 0.1) is 4.08 Å². The summed E-state index contributed by atoms with van der Waals surface area (Å²) in [7, 11) is 0. The van der Waals surface area contributed by atoms with Crippen molar-refractivity contribution in [3.05, 3.63) is 0 Å². The van der Waals surface area contributed by atoms with E-state index in [0.29, 0.717) is 6.54 Å². The fourth-order valence-electron chi connectivity index (χ4n) is 2.43. The van der Waals surface area contributed by atoms with Crippen LogP contribution in [0.3, 0.4) is 0 Å². The molecule has 1 unspecified atom stereocenters. The van der Waals surface area contributed by atoms with Crippen LogP contribution in [-0.2, 0) is 4.79 Å². The van der Waals surface area contributed by atoms with Gasteiger partial charge in [0.2, 0.25) is 5.91 Å². The molecular formula is C11H20N2OS2. The average Bonchev–Trinajstić information content (AvgIpc) is 2.85. The predicted molar refractivity (Wildman–Crippen MR) is 71.7 cm³/mol. The molecule has 1 spiro atoms. The monoisotopic (exact) mass is 260 g/mol. The second-order valence-corrected chi connectivity index (χ2v) is 8.04. The molecular weight excluding hydrogens is 240 g/mol. The van der Waals surface area contributed by atoms with Crippen LogP contribution in [0.4, 0.5) is 0 Å². The summed E-state index contributed by atoms with van der Waals surface area (Å²) in [6, 6.07) is 0.257. The molecule has 2 aliphatic rings. The van der Waals surface area contributed by atoms with Gasteiger partial charge in [-0.25, -0.2) is 0 Å². The molecule has 2 N–H and O–H groups in total. The smallest absolute Gasteiger partial charge is 0.225 e. The van der Waals surface area contributed by atoms with E-state index in [2.05, 4.69) is 0 Å². The number of hydrogen-bond donors (Lipinski definition) is 1. The van der Waals surface area contributed by atoms with Crippen LogP contribution in [0.15, 0.2) is 0 Å². The molecule has 2 aliphatic heterocycles. The minimum Gasteiger partial charge on any atom is -0.336 e. The molecule has 2 rings (SSSR count). The number of nitrogens with two attached hydrogens (primary N) is 1. The van der Waals surface area contributed by atoms with Crippen molar-refractivity contribution >= 4 is 29.4 Å². The quantitative estimate of drug-likeness (QED) is 0.815. The van der Waals surface area contributed by atoms with E-state index in [1.807, 2.05) is 42.3 Å². The molecule has 92 valence electrons. The Morgan fingerprint density at radius 3 is 2.62 bits per heavy atom. The van der Waals surface area contributed by atoms with Crippen LogP contribution in [0.2, 0.25) is 0 Å². The van der Waals surface area contributed by atoms with Gasteiger partial charge < -0.3 is 10.6 Å². The molecule has 0 bridgehead atoms. The Morgan fingerprint density at radius 2 is 2.12 bits per heavy atom. The van der Waals surface area contributed by atoms with Crippen molar-refractivity contribution < 1.29 is 4.79 Å². The molecule has 2 fully saturated rings. The zero-order valence-electron chi connectivity index (χ0n) is 9.94. The summed E-state index contributed by atoms with van der Waals surface area (Å²) in [5.41, 5.74) is 5.80. The molecule has 16 heavy (non-hydrogen) atoms. The molecule has 2 saturated heterocycles. The van der Waals surface area contributed by atoms with E-state index >= 15 is 0 Å². The molecule has 1 atom stereocenters. The molecule has 0 aliphatic carbocycles. The Balaban J connectivity index is 2.10. The van der Waals surface area contributed by atoms with Gasteiger partial charge in [0.15, 0.2) is 0 Å². The van der Waals surface area contributed by atoms with E-state index in [-0.39, 0.29) is 21.9 Å². The fraction of sp³-hybridized carbons (Fsp3) is 0.909. The Labute approximate surface area is 106 Å². The maximum Gasteiger partial charge on any atom is 0.225 e. The van der Waals surface area contributed by atoms with Crippen molar-refractivity contribution in [2.75, 3.05) is 24.6 Å². The van der Waals surface area contributed by atoms with Crippen molar-refractivity contribution in [2.24, 2.45) is 11.7 Å². The molecule has 1 amide bonds. The lowest BCUT2D eigenvalue weighted by atomic mass is 10.1. The predicted octanol–water partition coefficient (Wildman–Crippen LogP) is 1.38. The van der Waals surface area contributed by atoms with Crippen LogP contribution in [0.5, 0.6) is 0 Å². The highest BCUT2D eigenvalue weighted by atomic mass is 32.2. The zero-order valence-corrected chi connectivity index (χ0v) is 11.6. The summed E-state index contributed by atoms with van der Waals surface area (Å²) >= 11 is 4.04. The van der Waals surface area contributed by atoms with E-state index in [1.165, 1.54) is 11.5 Å². The third-order valence-corrected chi connectivity index (χ3v) is 6.69. The van der Waals surface area contributed by atoms with Crippen molar-refractivity contribution in [1.82, 2.24) is 4.90 Å². The van der Waals surface area contributed by atoms with Gasteiger partial charge >= 0.3 is 0 Å². The standard InChI is InChI=1S/C11H20N2OS2/c1-8(2)10(14)13-7-11(5-9(13)6-12)15-3-4-16-11/h8-9H,3-7,12H2,1-2H3. The summed E-state index contributed by atoms with van der Waals surface area (Å²) < 4.78 is 0.259. The van der Waals surface area contributed by atoms with Gasteiger partial charge in [-0.3, -0.25) is 4.79 Å². The summed E-state index contributed by atoms with van der Waals surface area (Å²) in [6.45, 7) is 5.42. The first-order valence-electron chi connectivity index (χ1n) is 5.86. The van der Waals surface area contributed by atoms with Gasteiger partial charge in [-0.2, -0.15) is 0 Å². The zero-order chi connectivity index (χ0) is 11.8. The van der Waals surface area contributed by atoms with Crippen LogP contribution in [0.25, 0.3) is 0 Å². The van der Waals surface area contributed by atoms with Crippen molar-refractivity contribution in [3.8, 4) is 0 Å². The van der Waals surface area contributed by atoms with E-state index in [4.69, 9.17) is 5.73 Å². The van der Waals surface area contributed by atoms with E-state index in [1.54, 1.807) is 0 Å². The summed E-state index contributed by atoms with van der Waals surface area (Å²) in [5, 5.41) is 0. The number of carbonyl (C=O) groups is 1. The van der Waals surface area contributed by atoms with Gasteiger partial charge in [-0.1, -0.05) is 13.8 Å². The van der Waals surface area contributed by atoms with Crippen molar-refractivity contribution in [3.63, 3.8) is 0 Å². The molecule has 2 heterocycles. The first kappa shape index (κ1) is 12.6. The fourth-order valence-corrected chi connectivity index (χ4v) is 5.75. The molecule has 0 aromatic heterocycles. The van der Waals surface area contributed by atoms with Crippen LogP contribution < -0.4 is 5.73 Å². The second-order valence-electron chi connectivity index (χ2n) is 4.82. The topological polar surface area (TPSA) is 46.3 Å². The summed E-state index contributed by atoms with van der Waals surface area (Å²) in [6.07, 6.45) is 1.07. The Bertz CT molecular complexity index is 277. The average molecular weight is 260 g/mol. The first-order valence-corrected chi connectivity index (χ1v) is 7.83. The first-order chi connectivity index (χ1) is 7.58. The van der Waals surface area contributed by atoms with Crippen LogP contribution in [0.1, 0.15) is 20.3 Å². The van der Waals surface area contributed by atoms with Gasteiger partial charge in [0, 0.05) is 36.6 Å². The molecule has 3 nitrogen and oxygen atoms in total. The highest BCUT2D eigenvalue weighted by Gasteiger charge is 2.48. The van der Waals surface area contributed by atoms with Gasteiger partial charge in [-0.05, 0) is 6.42 Å². The largest absolute Gasteiger partial charge is 0.336 e. The lowest BCUT2D eigenvalue weighted by Crippen LogP contribution is -2.42. The number of likely N-dealkylation sites (tertiary alicyclic amines) is 1. The SMILES string of the molecule is CC(C)C(=O)N1CC2(CC1CN)SCCS2. The highest BCUT2D eigenvalue weighted by molar-refractivity contribution is 8.21. The number of carbonyl (C=O) groups excluding carboxylic acids is 1. The lowest BCUT2D eigenvalue weighted by Gasteiger charge is -2.25. The van der Waals surface area contributed by atoms with Crippen LogP contribution in [0, 0.1) is 5.92 Å². The molecule has 0 saturated carbocycles. The molecule has 5 heteroatoms. The summed E-state index contributed by atoms with van der Waals surface area (Å²) in [5.74, 6) is 2.78. The van der Waals surface area contributed by atoms with E-state index in [0.717, 1.165) is 13.0 Å². The number of rotatable bonds is 2. The Morgan fingerprint density at radius 1 is 1.50 bits per heavy atom. The number of amides is 1. The van der Waals surface area contributed by atoms with Crippen LogP contribution in [-0.4, -0.2) is 45.5 Å². The van der Waals surface area contributed by atoms with Crippen molar-refractivity contribution in [1.29, 1.82) is 0 Å². The molecule has 0 radical (unpaired) electrons. The lowest BCUT2D eigenvalue weighted by molar-refractivity contribution is -0.135. The molecule has 0 aromatic rings. The maximum atomic E-state index is 12.1. The number of thioether (sulfide) groups is 2. The van der Waals surface area contributed by atoms with Crippen molar-refractivity contribution in [2.45, 2.75) is 30.4 Å². The van der Waals surface area contributed by atoms with Crippen LogP contribution >= 0.6 is 23.5 Å². The van der Waals surface area contributed by atoms with Gasteiger partial charge in [-0.15, -0.1) is 23.5 Å². The van der Waals surface area contributed by atoms with E-state index in [9.17, 15) is 4.79 Å². The number of hydrogen-bond acceptors (Lipinski definition) is 4. The van der Waals surface area contributed by atoms with Gasteiger partial charge in [0.1, 0.15) is 0 Å². The van der Waals surface area contributed by atoms with E-state index < -0.39 is 0 Å². The Kier molecular flexibility index (Phi) is 3.76. The Hall–Kier alpha value is 0.130. The third kappa shape index (κ3) is 2.22. The normalized spacial score (nSPS) is 28.2. The maximum absolute atomic E-state index is 12.1. The minimum atomic E-state index is 0.0839. The molecule has 0 aromatic carbocycles.